The Morgan fingerprint density at radius 2 is 1.76 bits per heavy atom. The molecule has 1 aromatic carbocycles. The Hall–Kier alpha value is -3.08. The Bertz CT molecular complexity index is 903. The van der Waals surface area contributed by atoms with E-state index in [4.69, 9.17) is 4.42 Å². The van der Waals surface area contributed by atoms with E-state index in [0.29, 0.717) is 23.0 Å². The van der Waals surface area contributed by atoms with Crippen LogP contribution in [0.2, 0.25) is 0 Å². The van der Waals surface area contributed by atoms with Crippen LogP contribution in [0.3, 0.4) is 0 Å². The molecule has 0 spiro atoms. The van der Waals surface area contributed by atoms with E-state index in [1.807, 2.05) is 48.5 Å². The molecule has 5 heteroatoms. The van der Waals surface area contributed by atoms with Crippen LogP contribution < -0.4 is 0 Å². The van der Waals surface area contributed by atoms with E-state index in [-0.39, 0.29) is 0 Å². The Balaban J connectivity index is 1.83. The number of fused-ring (bicyclic) bond motifs is 1. The summed E-state index contributed by atoms with van der Waals surface area (Å²) in [5.41, 5.74) is 2.23. The van der Waals surface area contributed by atoms with Gasteiger partial charge in [-0.1, -0.05) is 24.3 Å². The number of para-hydroxylation sites is 1. The molecule has 0 amide bonds. The first kappa shape index (κ1) is 11.7. The minimum absolute atomic E-state index is 0.481. The highest BCUT2D eigenvalue weighted by molar-refractivity contribution is 5.80. The van der Waals surface area contributed by atoms with Gasteiger partial charge in [-0.3, -0.25) is 0 Å². The Labute approximate surface area is 120 Å². The van der Waals surface area contributed by atoms with Crippen molar-refractivity contribution in [2.45, 2.75) is 0 Å². The molecule has 0 saturated carbocycles. The van der Waals surface area contributed by atoms with Crippen LogP contribution in [0, 0.1) is 0 Å². The van der Waals surface area contributed by atoms with Crippen molar-refractivity contribution in [1.82, 2.24) is 20.2 Å². The zero-order chi connectivity index (χ0) is 14.1. The van der Waals surface area contributed by atoms with Gasteiger partial charge in [0.05, 0.1) is 18.0 Å². The van der Waals surface area contributed by atoms with E-state index < -0.39 is 0 Å². The summed E-state index contributed by atoms with van der Waals surface area (Å²) in [6, 6.07) is 15.5. The standard InChI is InChI=1S/C16H10N4O/c1-2-5-12-11(4-1)7-8-13(18-12)16-19-14(10-17-20-16)15-6-3-9-21-15/h1-10H. The average molecular weight is 274 g/mol. The molecule has 0 bridgehead atoms. The van der Waals surface area contributed by atoms with E-state index in [0.717, 1.165) is 10.9 Å². The van der Waals surface area contributed by atoms with Crippen molar-refractivity contribution >= 4 is 10.9 Å². The molecule has 3 heterocycles. The topological polar surface area (TPSA) is 64.7 Å². The highest BCUT2D eigenvalue weighted by Gasteiger charge is 2.09. The summed E-state index contributed by atoms with van der Waals surface area (Å²) >= 11 is 0. The third-order valence-electron chi connectivity index (χ3n) is 3.16. The van der Waals surface area contributed by atoms with Crippen molar-refractivity contribution in [1.29, 1.82) is 0 Å². The van der Waals surface area contributed by atoms with Crippen LogP contribution in [-0.4, -0.2) is 20.2 Å². The van der Waals surface area contributed by atoms with Gasteiger partial charge in [0.25, 0.3) is 0 Å². The number of furan rings is 1. The molecule has 21 heavy (non-hydrogen) atoms. The third kappa shape index (κ3) is 2.14. The number of pyridine rings is 1. The molecule has 4 rings (SSSR count). The Morgan fingerprint density at radius 3 is 2.67 bits per heavy atom. The lowest BCUT2D eigenvalue weighted by molar-refractivity contribution is 0.579. The highest BCUT2D eigenvalue weighted by Crippen LogP contribution is 2.21. The monoisotopic (exact) mass is 274 g/mol. The average Bonchev–Trinajstić information content (AvgIpc) is 3.09. The van der Waals surface area contributed by atoms with Gasteiger partial charge in [-0.25, -0.2) is 9.97 Å². The summed E-state index contributed by atoms with van der Waals surface area (Å²) in [6.45, 7) is 0. The normalized spacial score (nSPS) is 10.9. The molecule has 0 N–H and O–H groups in total. The predicted molar refractivity (Wildman–Crippen MR) is 78.3 cm³/mol. The Kier molecular flexibility index (Phi) is 2.67. The van der Waals surface area contributed by atoms with E-state index >= 15 is 0 Å². The zero-order valence-electron chi connectivity index (χ0n) is 11.0. The second kappa shape index (κ2) is 4.79. The molecule has 0 aliphatic heterocycles. The zero-order valence-corrected chi connectivity index (χ0v) is 11.0. The summed E-state index contributed by atoms with van der Waals surface area (Å²) in [5.74, 6) is 1.14. The van der Waals surface area contributed by atoms with E-state index in [1.54, 1.807) is 12.5 Å². The summed E-state index contributed by atoms with van der Waals surface area (Å²) in [5, 5.41) is 9.13. The first-order chi connectivity index (χ1) is 10.4. The van der Waals surface area contributed by atoms with Crippen molar-refractivity contribution < 1.29 is 4.42 Å². The van der Waals surface area contributed by atoms with Gasteiger partial charge < -0.3 is 4.42 Å². The molecule has 0 aliphatic rings. The lowest BCUT2D eigenvalue weighted by Gasteiger charge is -2.02. The molecule has 0 saturated heterocycles. The molecule has 0 radical (unpaired) electrons. The predicted octanol–water partition coefficient (Wildman–Crippen LogP) is 3.35. The van der Waals surface area contributed by atoms with Gasteiger partial charge in [0.1, 0.15) is 11.4 Å². The first-order valence-electron chi connectivity index (χ1n) is 6.50. The van der Waals surface area contributed by atoms with E-state index in [2.05, 4.69) is 20.2 Å². The molecule has 0 fully saturated rings. The van der Waals surface area contributed by atoms with E-state index in [1.165, 1.54) is 0 Å². The first-order valence-corrected chi connectivity index (χ1v) is 6.50. The van der Waals surface area contributed by atoms with Gasteiger partial charge in [-0.05, 0) is 24.3 Å². The maximum Gasteiger partial charge on any atom is 0.201 e. The molecular weight excluding hydrogens is 264 g/mol. The van der Waals surface area contributed by atoms with Crippen LogP contribution in [-0.2, 0) is 0 Å². The van der Waals surface area contributed by atoms with Crippen LogP contribution in [0.25, 0.3) is 33.9 Å². The van der Waals surface area contributed by atoms with Crippen molar-refractivity contribution in [2.24, 2.45) is 0 Å². The second-order valence-corrected chi connectivity index (χ2v) is 4.53. The van der Waals surface area contributed by atoms with Gasteiger partial charge in [0, 0.05) is 5.39 Å². The molecule has 5 nitrogen and oxygen atoms in total. The number of hydrogen-bond acceptors (Lipinski definition) is 5. The maximum atomic E-state index is 5.33. The fourth-order valence-corrected chi connectivity index (χ4v) is 2.15. The SMILES string of the molecule is c1coc(-c2cnnc(-c3ccc4ccccc4n3)n2)c1. The molecule has 4 aromatic rings. The van der Waals surface area contributed by atoms with Crippen molar-refractivity contribution in [3.8, 4) is 23.0 Å². The minimum Gasteiger partial charge on any atom is -0.463 e. The summed E-state index contributed by atoms with van der Waals surface area (Å²) in [7, 11) is 0. The molecule has 0 atom stereocenters. The molecular formula is C16H10N4O. The lowest BCUT2D eigenvalue weighted by Crippen LogP contribution is -1.96. The fraction of sp³-hybridized carbons (Fsp3) is 0. The van der Waals surface area contributed by atoms with Gasteiger partial charge in [-0.15, -0.1) is 5.10 Å². The van der Waals surface area contributed by atoms with Crippen LogP contribution in [0.4, 0.5) is 0 Å². The number of nitrogens with zero attached hydrogens (tertiary/aromatic N) is 4. The van der Waals surface area contributed by atoms with Gasteiger partial charge in [-0.2, -0.15) is 5.10 Å². The van der Waals surface area contributed by atoms with Crippen molar-refractivity contribution in [3.63, 3.8) is 0 Å². The van der Waals surface area contributed by atoms with Gasteiger partial charge in [0.15, 0.2) is 5.76 Å². The molecule has 0 aliphatic carbocycles. The summed E-state index contributed by atoms with van der Waals surface area (Å²) < 4.78 is 5.33. The van der Waals surface area contributed by atoms with Crippen molar-refractivity contribution in [3.05, 3.63) is 61.0 Å². The van der Waals surface area contributed by atoms with Crippen molar-refractivity contribution in [2.75, 3.05) is 0 Å². The highest BCUT2D eigenvalue weighted by atomic mass is 16.3. The van der Waals surface area contributed by atoms with Crippen LogP contribution in [0.1, 0.15) is 0 Å². The summed E-state index contributed by atoms with van der Waals surface area (Å²) in [4.78, 5) is 9.03. The van der Waals surface area contributed by atoms with Crippen LogP contribution in [0.5, 0.6) is 0 Å². The fourth-order valence-electron chi connectivity index (χ4n) is 2.15. The Morgan fingerprint density at radius 1 is 0.810 bits per heavy atom. The number of aromatic nitrogens is 4. The maximum absolute atomic E-state index is 5.33. The minimum atomic E-state index is 0.481. The molecule has 3 aromatic heterocycles. The van der Waals surface area contributed by atoms with Crippen LogP contribution in [0.15, 0.2) is 65.4 Å². The number of hydrogen-bond donors (Lipinski definition) is 0. The van der Waals surface area contributed by atoms with Gasteiger partial charge >= 0.3 is 0 Å². The van der Waals surface area contributed by atoms with Gasteiger partial charge in [0.2, 0.25) is 5.82 Å². The quantitative estimate of drug-likeness (QED) is 0.561. The number of benzene rings is 1. The summed E-state index contributed by atoms with van der Waals surface area (Å²) in [6.07, 6.45) is 3.18. The largest absolute Gasteiger partial charge is 0.463 e. The van der Waals surface area contributed by atoms with E-state index in [9.17, 15) is 0 Å². The van der Waals surface area contributed by atoms with Crippen LogP contribution >= 0.6 is 0 Å². The lowest BCUT2D eigenvalue weighted by atomic mass is 10.2. The number of rotatable bonds is 2. The smallest absolute Gasteiger partial charge is 0.201 e. The second-order valence-electron chi connectivity index (χ2n) is 4.53. The molecule has 0 unspecified atom stereocenters. The third-order valence-corrected chi connectivity index (χ3v) is 3.16. The molecule has 100 valence electrons.